The molecule has 2 aromatic rings. The molecule has 1 heterocycles. The first-order chi connectivity index (χ1) is 9.72. The molecule has 104 valence electrons. The van der Waals surface area contributed by atoms with E-state index < -0.39 is 0 Å². The van der Waals surface area contributed by atoms with Crippen molar-refractivity contribution in [2.45, 2.75) is 38.5 Å². The number of fused-ring (bicyclic) bond motifs is 1. The molecule has 0 bridgehead atoms. The summed E-state index contributed by atoms with van der Waals surface area (Å²) in [7, 11) is 0. The number of thiophene rings is 1. The lowest BCUT2D eigenvalue weighted by molar-refractivity contribution is 0.0996. The third-order valence-electron chi connectivity index (χ3n) is 3.80. The molecule has 0 amide bonds. The minimum Gasteiger partial charge on any atom is -0.293 e. The predicted octanol–water partition coefficient (Wildman–Crippen LogP) is 4.58. The molecule has 0 N–H and O–H groups in total. The highest BCUT2D eigenvalue weighted by atomic mass is 32.1. The van der Waals surface area contributed by atoms with Crippen LogP contribution in [0.1, 0.15) is 44.9 Å². The lowest BCUT2D eigenvalue weighted by Crippen LogP contribution is -2.01. The first-order valence-corrected chi connectivity index (χ1v) is 7.93. The summed E-state index contributed by atoms with van der Waals surface area (Å²) < 4.78 is 12.9. The van der Waals surface area contributed by atoms with Crippen molar-refractivity contribution in [3.8, 4) is 0 Å². The van der Waals surface area contributed by atoms with Crippen LogP contribution in [0.25, 0.3) is 0 Å². The number of halogens is 1. The second-order valence-electron chi connectivity index (χ2n) is 5.35. The number of hydrogen-bond donors (Lipinski definition) is 0. The van der Waals surface area contributed by atoms with Crippen molar-refractivity contribution in [3.63, 3.8) is 0 Å². The van der Waals surface area contributed by atoms with Gasteiger partial charge < -0.3 is 0 Å². The average molecular weight is 288 g/mol. The van der Waals surface area contributed by atoms with E-state index >= 15 is 0 Å². The summed E-state index contributed by atoms with van der Waals surface area (Å²) >= 11 is 1.66. The molecule has 1 nitrogen and oxygen atoms in total. The zero-order chi connectivity index (χ0) is 13.9. The normalized spacial score (nSPS) is 14.7. The molecule has 0 atom stereocenters. The fourth-order valence-electron chi connectivity index (χ4n) is 2.68. The van der Waals surface area contributed by atoms with Gasteiger partial charge in [-0.15, -0.1) is 11.3 Å². The Kier molecular flexibility index (Phi) is 3.97. The predicted molar refractivity (Wildman–Crippen MR) is 80.0 cm³/mol. The zero-order valence-corrected chi connectivity index (χ0v) is 12.1. The van der Waals surface area contributed by atoms with Crippen molar-refractivity contribution in [1.29, 1.82) is 0 Å². The standard InChI is InChI=1S/C17H17FOS/c18-14-8-6-12(7-9-14)10-15(19)17-11-13-4-2-1-3-5-16(13)20-17/h6-9,11H,1-5,10H2. The van der Waals surface area contributed by atoms with Gasteiger partial charge >= 0.3 is 0 Å². The van der Waals surface area contributed by atoms with Gasteiger partial charge in [0.05, 0.1) is 4.88 Å². The van der Waals surface area contributed by atoms with Crippen molar-refractivity contribution >= 4 is 17.1 Å². The third-order valence-corrected chi connectivity index (χ3v) is 5.08. The van der Waals surface area contributed by atoms with Crippen LogP contribution >= 0.6 is 11.3 Å². The second kappa shape index (κ2) is 5.88. The molecule has 0 radical (unpaired) electrons. The Hall–Kier alpha value is -1.48. The molecule has 1 aliphatic carbocycles. The molecular formula is C17H17FOS. The van der Waals surface area contributed by atoms with E-state index in [2.05, 4.69) is 6.07 Å². The smallest absolute Gasteiger partial charge is 0.177 e. The van der Waals surface area contributed by atoms with E-state index in [-0.39, 0.29) is 11.6 Å². The molecule has 1 aromatic heterocycles. The Morgan fingerprint density at radius 3 is 2.65 bits per heavy atom. The summed E-state index contributed by atoms with van der Waals surface area (Å²) in [5.41, 5.74) is 2.25. The van der Waals surface area contributed by atoms with Gasteiger partial charge in [0, 0.05) is 11.3 Å². The first-order valence-electron chi connectivity index (χ1n) is 7.11. The molecule has 0 spiro atoms. The minimum absolute atomic E-state index is 0.148. The minimum atomic E-state index is -0.260. The molecular weight excluding hydrogens is 271 g/mol. The van der Waals surface area contributed by atoms with Crippen molar-refractivity contribution in [2.24, 2.45) is 0 Å². The number of ketones is 1. The van der Waals surface area contributed by atoms with E-state index in [0.29, 0.717) is 6.42 Å². The molecule has 0 saturated heterocycles. The molecule has 3 rings (SSSR count). The maximum absolute atomic E-state index is 12.9. The third kappa shape index (κ3) is 2.98. The summed E-state index contributed by atoms with van der Waals surface area (Å²) in [6.45, 7) is 0. The summed E-state index contributed by atoms with van der Waals surface area (Å²) in [6.07, 6.45) is 6.34. The highest BCUT2D eigenvalue weighted by molar-refractivity contribution is 7.14. The van der Waals surface area contributed by atoms with E-state index in [9.17, 15) is 9.18 Å². The van der Waals surface area contributed by atoms with Crippen LogP contribution in [-0.2, 0) is 19.3 Å². The van der Waals surface area contributed by atoms with Gasteiger partial charge in [-0.1, -0.05) is 18.6 Å². The van der Waals surface area contributed by atoms with Gasteiger partial charge in [0.25, 0.3) is 0 Å². The molecule has 0 saturated carbocycles. The summed E-state index contributed by atoms with van der Waals surface area (Å²) in [5.74, 6) is -0.112. The van der Waals surface area contributed by atoms with E-state index in [1.165, 1.54) is 41.8 Å². The van der Waals surface area contributed by atoms with Gasteiger partial charge in [0.2, 0.25) is 0 Å². The molecule has 0 fully saturated rings. The Morgan fingerprint density at radius 2 is 1.85 bits per heavy atom. The van der Waals surface area contributed by atoms with Gasteiger partial charge in [0.1, 0.15) is 5.82 Å². The average Bonchev–Trinajstić information content (AvgIpc) is 2.73. The van der Waals surface area contributed by atoms with Gasteiger partial charge in [-0.2, -0.15) is 0 Å². The topological polar surface area (TPSA) is 17.1 Å². The van der Waals surface area contributed by atoms with Crippen molar-refractivity contribution in [2.75, 3.05) is 0 Å². The molecule has 0 aliphatic heterocycles. The number of carbonyl (C=O) groups excluding carboxylic acids is 1. The molecule has 3 heteroatoms. The summed E-state index contributed by atoms with van der Waals surface area (Å²) in [5, 5.41) is 0. The summed E-state index contributed by atoms with van der Waals surface area (Å²) in [6, 6.07) is 8.27. The number of rotatable bonds is 3. The SMILES string of the molecule is O=C(Cc1ccc(F)cc1)c1cc2c(s1)CCCCC2. The first kappa shape index (κ1) is 13.5. The molecule has 20 heavy (non-hydrogen) atoms. The Balaban J connectivity index is 1.75. The van der Waals surface area contributed by atoms with Gasteiger partial charge in [-0.25, -0.2) is 4.39 Å². The lowest BCUT2D eigenvalue weighted by atomic mass is 10.1. The largest absolute Gasteiger partial charge is 0.293 e. The Labute approximate surface area is 122 Å². The lowest BCUT2D eigenvalue weighted by Gasteiger charge is -1.99. The van der Waals surface area contributed by atoms with Crippen LogP contribution in [0.3, 0.4) is 0 Å². The number of benzene rings is 1. The van der Waals surface area contributed by atoms with Crippen LogP contribution in [0.5, 0.6) is 0 Å². The maximum Gasteiger partial charge on any atom is 0.177 e. The quantitative estimate of drug-likeness (QED) is 0.597. The van der Waals surface area contributed by atoms with Gasteiger partial charge in [-0.05, 0) is 55.0 Å². The van der Waals surface area contributed by atoms with Crippen LogP contribution in [0, 0.1) is 5.82 Å². The Morgan fingerprint density at radius 1 is 1.10 bits per heavy atom. The number of hydrogen-bond acceptors (Lipinski definition) is 2. The zero-order valence-electron chi connectivity index (χ0n) is 11.3. The maximum atomic E-state index is 12.9. The van der Waals surface area contributed by atoms with E-state index in [1.54, 1.807) is 23.5 Å². The molecule has 1 aromatic carbocycles. The number of Topliss-reactive ketones (excluding diaryl/α,β-unsaturated/α-hetero) is 1. The highest BCUT2D eigenvalue weighted by Gasteiger charge is 2.16. The highest BCUT2D eigenvalue weighted by Crippen LogP contribution is 2.29. The number of aryl methyl sites for hydroxylation is 2. The van der Waals surface area contributed by atoms with Gasteiger partial charge in [-0.3, -0.25) is 4.79 Å². The van der Waals surface area contributed by atoms with Crippen LogP contribution in [0.4, 0.5) is 4.39 Å². The van der Waals surface area contributed by atoms with Crippen molar-refractivity contribution in [3.05, 3.63) is 57.0 Å². The van der Waals surface area contributed by atoms with Gasteiger partial charge in [0.15, 0.2) is 5.78 Å². The van der Waals surface area contributed by atoms with Crippen LogP contribution in [-0.4, -0.2) is 5.78 Å². The molecule has 1 aliphatic rings. The fraction of sp³-hybridized carbons (Fsp3) is 0.353. The van der Waals surface area contributed by atoms with E-state index in [0.717, 1.165) is 23.3 Å². The van der Waals surface area contributed by atoms with E-state index in [4.69, 9.17) is 0 Å². The fourth-order valence-corrected chi connectivity index (χ4v) is 3.87. The van der Waals surface area contributed by atoms with E-state index in [1.807, 2.05) is 0 Å². The monoisotopic (exact) mass is 288 g/mol. The van der Waals surface area contributed by atoms with Crippen molar-refractivity contribution in [1.82, 2.24) is 0 Å². The van der Waals surface area contributed by atoms with Crippen LogP contribution in [0.2, 0.25) is 0 Å². The summed E-state index contributed by atoms with van der Waals surface area (Å²) in [4.78, 5) is 14.6. The van der Waals surface area contributed by atoms with Crippen LogP contribution in [0.15, 0.2) is 30.3 Å². The van der Waals surface area contributed by atoms with Crippen LogP contribution < -0.4 is 0 Å². The molecule has 0 unspecified atom stereocenters. The van der Waals surface area contributed by atoms with Crippen molar-refractivity contribution < 1.29 is 9.18 Å². The Bertz CT molecular complexity index is 589. The number of carbonyl (C=O) groups is 1. The second-order valence-corrected chi connectivity index (χ2v) is 6.48.